The van der Waals surface area contributed by atoms with Gasteiger partial charge in [-0.15, -0.1) is 0 Å². The van der Waals surface area contributed by atoms with Crippen LogP contribution in [-0.4, -0.2) is 59.7 Å². The van der Waals surface area contributed by atoms with Crippen molar-refractivity contribution in [2.45, 2.75) is 64.5 Å². The van der Waals surface area contributed by atoms with Gasteiger partial charge >= 0.3 is 0 Å². The number of nitrogens with one attached hydrogen (secondary N) is 1. The van der Waals surface area contributed by atoms with Crippen LogP contribution in [0.25, 0.3) is 0 Å². The van der Waals surface area contributed by atoms with Gasteiger partial charge in [0, 0.05) is 31.7 Å². The molecule has 1 N–H and O–H groups in total. The minimum atomic E-state index is 0.118. The lowest BCUT2D eigenvalue weighted by molar-refractivity contribution is 0.138. The summed E-state index contributed by atoms with van der Waals surface area (Å²) in [6.07, 6.45) is 9.65. The fourth-order valence-corrected chi connectivity index (χ4v) is 5.49. The summed E-state index contributed by atoms with van der Waals surface area (Å²) < 4.78 is 11.9. The summed E-state index contributed by atoms with van der Waals surface area (Å²) in [4.78, 5) is 13.9. The second kappa shape index (κ2) is 13.7. The molecule has 9 heteroatoms. The smallest absolute Gasteiger partial charge is 0.239 e. The number of aromatic nitrogens is 2. The fourth-order valence-electron chi connectivity index (χ4n) is 5.28. The van der Waals surface area contributed by atoms with E-state index in [1.807, 2.05) is 0 Å². The van der Waals surface area contributed by atoms with Crippen LogP contribution in [0.15, 0.2) is 43.1 Å². The van der Waals surface area contributed by atoms with Gasteiger partial charge in [-0.05, 0) is 76.2 Å². The molecule has 1 aromatic carbocycles. The number of benzene rings is 1. The quantitative estimate of drug-likeness (QED) is 0.381. The van der Waals surface area contributed by atoms with Crippen LogP contribution in [0.1, 0.15) is 57.9 Å². The first-order valence-corrected chi connectivity index (χ1v) is 14.1. The molecule has 1 aromatic heterocycles. The van der Waals surface area contributed by atoms with Gasteiger partial charge in [-0.2, -0.15) is 5.26 Å². The van der Waals surface area contributed by atoms with E-state index in [4.69, 9.17) is 26.3 Å². The SMILES string of the molecule is C=C(NC1CCC(Oc2ccc(C#N)c(Cl)c2)CC1)Oc1cnc(N2CCC(CN(CC)CC)CC2)cn1. The van der Waals surface area contributed by atoms with Gasteiger partial charge in [0.15, 0.2) is 5.88 Å². The van der Waals surface area contributed by atoms with Crippen LogP contribution in [0.2, 0.25) is 5.02 Å². The molecule has 8 nitrogen and oxygen atoms in total. The highest BCUT2D eigenvalue weighted by Crippen LogP contribution is 2.28. The van der Waals surface area contributed by atoms with Crippen LogP contribution in [0.5, 0.6) is 11.6 Å². The van der Waals surface area contributed by atoms with E-state index in [1.165, 1.54) is 19.4 Å². The van der Waals surface area contributed by atoms with Crippen LogP contribution in [0.4, 0.5) is 5.82 Å². The Hall–Kier alpha value is -3.02. The average molecular weight is 539 g/mol. The zero-order chi connectivity index (χ0) is 26.9. The first-order chi connectivity index (χ1) is 18.5. The maximum Gasteiger partial charge on any atom is 0.239 e. The molecule has 0 unspecified atom stereocenters. The predicted molar refractivity (Wildman–Crippen MR) is 150 cm³/mol. The van der Waals surface area contributed by atoms with E-state index in [9.17, 15) is 0 Å². The van der Waals surface area contributed by atoms with Crippen molar-refractivity contribution in [2.24, 2.45) is 5.92 Å². The molecule has 38 heavy (non-hydrogen) atoms. The Morgan fingerprint density at radius 2 is 1.87 bits per heavy atom. The van der Waals surface area contributed by atoms with Gasteiger partial charge in [0.25, 0.3) is 0 Å². The molecule has 204 valence electrons. The lowest BCUT2D eigenvalue weighted by Crippen LogP contribution is -2.39. The summed E-state index contributed by atoms with van der Waals surface area (Å²) in [6.45, 7) is 14.0. The third-order valence-electron chi connectivity index (χ3n) is 7.59. The van der Waals surface area contributed by atoms with E-state index >= 15 is 0 Å². The Labute approximate surface area is 231 Å². The first kappa shape index (κ1) is 28.0. The topological polar surface area (TPSA) is 86.5 Å². The van der Waals surface area contributed by atoms with E-state index in [-0.39, 0.29) is 12.1 Å². The van der Waals surface area contributed by atoms with E-state index in [1.54, 1.807) is 30.6 Å². The minimum Gasteiger partial charge on any atom is -0.490 e. The van der Waals surface area contributed by atoms with Crippen molar-refractivity contribution in [3.63, 3.8) is 0 Å². The molecular weight excluding hydrogens is 500 g/mol. The average Bonchev–Trinajstić information content (AvgIpc) is 2.94. The Morgan fingerprint density at radius 1 is 1.13 bits per heavy atom. The Balaban J connectivity index is 1.17. The van der Waals surface area contributed by atoms with Gasteiger partial charge < -0.3 is 24.6 Å². The van der Waals surface area contributed by atoms with Crippen LogP contribution in [0, 0.1) is 17.2 Å². The van der Waals surface area contributed by atoms with Crippen molar-refractivity contribution in [2.75, 3.05) is 37.6 Å². The summed E-state index contributed by atoms with van der Waals surface area (Å²) in [5.41, 5.74) is 0.454. The highest BCUT2D eigenvalue weighted by Gasteiger charge is 2.24. The molecule has 1 aliphatic carbocycles. The number of hydrogen-bond acceptors (Lipinski definition) is 8. The number of halogens is 1. The number of anilines is 1. The third-order valence-corrected chi connectivity index (χ3v) is 7.91. The molecular formula is C29H39ClN6O2. The molecule has 2 heterocycles. The van der Waals surface area contributed by atoms with Crippen molar-refractivity contribution in [1.82, 2.24) is 20.2 Å². The van der Waals surface area contributed by atoms with Crippen LogP contribution >= 0.6 is 11.6 Å². The lowest BCUT2D eigenvalue weighted by Gasteiger charge is -2.34. The summed E-state index contributed by atoms with van der Waals surface area (Å²) >= 11 is 6.12. The maximum atomic E-state index is 9.02. The molecule has 2 aromatic rings. The minimum absolute atomic E-state index is 0.118. The van der Waals surface area contributed by atoms with Crippen molar-refractivity contribution in [1.29, 1.82) is 5.26 Å². The second-order valence-electron chi connectivity index (χ2n) is 10.1. The van der Waals surface area contributed by atoms with Gasteiger partial charge in [-0.25, -0.2) is 9.97 Å². The largest absolute Gasteiger partial charge is 0.490 e. The van der Waals surface area contributed by atoms with Crippen LogP contribution in [0.3, 0.4) is 0 Å². The van der Waals surface area contributed by atoms with E-state index < -0.39 is 0 Å². The molecule has 1 saturated carbocycles. The molecule has 0 bridgehead atoms. The molecule has 0 spiro atoms. The number of hydrogen-bond donors (Lipinski definition) is 1. The van der Waals surface area contributed by atoms with Crippen LogP contribution < -0.4 is 19.7 Å². The number of nitrogens with zero attached hydrogens (tertiary/aromatic N) is 5. The van der Waals surface area contributed by atoms with Crippen molar-refractivity contribution >= 4 is 17.4 Å². The van der Waals surface area contributed by atoms with Crippen molar-refractivity contribution in [3.8, 4) is 17.7 Å². The van der Waals surface area contributed by atoms with E-state index in [0.29, 0.717) is 28.1 Å². The Kier molecular flexibility index (Phi) is 10.1. The number of nitriles is 1. The van der Waals surface area contributed by atoms with Gasteiger partial charge in [0.1, 0.15) is 17.6 Å². The first-order valence-electron chi connectivity index (χ1n) is 13.8. The van der Waals surface area contributed by atoms with Crippen molar-refractivity contribution < 1.29 is 9.47 Å². The standard InChI is InChI=1S/C29H39ClN6O2/c1-4-35(5-2)20-22-12-14-36(15-13-22)28-18-33-29(19-32-28)37-21(3)34-24-7-10-25(11-8-24)38-26-9-6-23(17-31)27(30)16-26/h6,9,16,18-19,22,24-25,34H,3-5,7-8,10-15,20H2,1-2H3. The summed E-state index contributed by atoms with van der Waals surface area (Å²) in [5.74, 6) is 3.28. The molecule has 1 saturated heterocycles. The molecule has 0 radical (unpaired) electrons. The number of ether oxygens (including phenoxy) is 2. The second-order valence-corrected chi connectivity index (χ2v) is 10.6. The summed E-state index contributed by atoms with van der Waals surface area (Å²) in [7, 11) is 0. The molecule has 0 atom stereocenters. The summed E-state index contributed by atoms with van der Waals surface area (Å²) in [5, 5.41) is 12.8. The molecule has 2 fully saturated rings. The van der Waals surface area contributed by atoms with Crippen LogP contribution in [-0.2, 0) is 0 Å². The number of rotatable bonds is 11. The lowest BCUT2D eigenvalue weighted by atomic mass is 9.93. The monoisotopic (exact) mass is 538 g/mol. The molecule has 4 rings (SSSR count). The Bertz CT molecular complexity index is 1090. The van der Waals surface area contributed by atoms with Gasteiger partial charge in [-0.3, -0.25) is 0 Å². The summed E-state index contributed by atoms with van der Waals surface area (Å²) in [6, 6.07) is 7.53. The van der Waals surface area contributed by atoms with E-state index in [0.717, 1.165) is 63.6 Å². The van der Waals surface area contributed by atoms with Gasteiger partial charge in [-0.1, -0.05) is 25.4 Å². The molecule has 0 amide bonds. The third kappa shape index (κ3) is 7.75. The van der Waals surface area contributed by atoms with Crippen molar-refractivity contribution in [3.05, 3.63) is 53.6 Å². The molecule has 1 aliphatic heterocycles. The maximum absolute atomic E-state index is 9.02. The highest BCUT2D eigenvalue weighted by molar-refractivity contribution is 6.31. The molecule has 2 aliphatic rings. The normalized spacial score (nSPS) is 20.1. The highest BCUT2D eigenvalue weighted by atomic mass is 35.5. The van der Waals surface area contributed by atoms with Gasteiger partial charge in [0.2, 0.25) is 5.88 Å². The number of piperidine rings is 1. The zero-order valence-corrected chi connectivity index (χ0v) is 23.3. The van der Waals surface area contributed by atoms with E-state index in [2.05, 4.69) is 51.6 Å². The van der Waals surface area contributed by atoms with Gasteiger partial charge in [0.05, 0.1) is 29.1 Å². The predicted octanol–water partition coefficient (Wildman–Crippen LogP) is 5.39. The Morgan fingerprint density at radius 3 is 2.47 bits per heavy atom. The zero-order valence-electron chi connectivity index (χ0n) is 22.5. The fraction of sp³-hybridized carbons (Fsp3) is 0.552.